The summed E-state index contributed by atoms with van der Waals surface area (Å²) in [5.41, 5.74) is 6.89. The predicted molar refractivity (Wildman–Crippen MR) is 94.2 cm³/mol. The van der Waals surface area contributed by atoms with Crippen LogP contribution in [0.2, 0.25) is 0 Å². The molecule has 0 spiro atoms. The van der Waals surface area contributed by atoms with Crippen molar-refractivity contribution in [2.75, 3.05) is 45.9 Å². The summed E-state index contributed by atoms with van der Waals surface area (Å²) in [7, 11) is 0. The van der Waals surface area contributed by atoms with E-state index in [2.05, 4.69) is 31.1 Å². The van der Waals surface area contributed by atoms with Crippen LogP contribution in [0.1, 0.15) is 12.0 Å². The van der Waals surface area contributed by atoms with Gasteiger partial charge in [0.25, 0.3) is 0 Å². The van der Waals surface area contributed by atoms with E-state index in [4.69, 9.17) is 10.5 Å². The van der Waals surface area contributed by atoms with Gasteiger partial charge in [-0.1, -0.05) is 6.07 Å². The highest BCUT2D eigenvalue weighted by Gasteiger charge is 2.08. The first-order valence-electron chi connectivity index (χ1n) is 7.93. The summed E-state index contributed by atoms with van der Waals surface area (Å²) < 4.78 is 18.9. The summed E-state index contributed by atoms with van der Waals surface area (Å²) >= 11 is 3.19. The van der Waals surface area contributed by atoms with Crippen LogP contribution in [0.25, 0.3) is 0 Å². The second kappa shape index (κ2) is 9.85. The zero-order chi connectivity index (χ0) is 16.5. The molecule has 0 radical (unpaired) electrons. The summed E-state index contributed by atoms with van der Waals surface area (Å²) in [6.07, 6.45) is 1.76. The van der Waals surface area contributed by atoms with Gasteiger partial charge >= 0.3 is 0 Å². The fourth-order valence-corrected chi connectivity index (χ4v) is 2.83. The molecule has 1 aliphatic rings. The third-order valence-corrected chi connectivity index (χ3v) is 4.33. The Morgan fingerprint density at radius 2 is 2.17 bits per heavy atom. The Labute approximate surface area is 145 Å². The van der Waals surface area contributed by atoms with Crippen molar-refractivity contribution < 1.29 is 9.13 Å². The number of nitrogens with two attached hydrogens (primary N) is 1. The Morgan fingerprint density at radius 1 is 1.39 bits per heavy atom. The molecule has 0 saturated carbocycles. The van der Waals surface area contributed by atoms with Crippen molar-refractivity contribution in [2.45, 2.75) is 12.8 Å². The molecule has 1 heterocycles. The number of ether oxygens (including phenoxy) is 1. The van der Waals surface area contributed by atoms with Gasteiger partial charge in [-0.25, -0.2) is 4.39 Å². The average Bonchev–Trinajstić information content (AvgIpc) is 2.56. The average molecular weight is 387 g/mol. The van der Waals surface area contributed by atoms with E-state index >= 15 is 0 Å². The fraction of sp³-hybridized carbons (Fsp3) is 0.562. The predicted octanol–water partition coefficient (Wildman–Crippen LogP) is 1.76. The normalized spacial score (nSPS) is 16.5. The number of rotatable bonds is 7. The molecule has 1 aromatic carbocycles. The molecule has 0 amide bonds. The second-order valence-corrected chi connectivity index (χ2v) is 6.35. The number of nitrogens with one attached hydrogen (secondary N) is 1. The van der Waals surface area contributed by atoms with Crippen molar-refractivity contribution in [1.82, 2.24) is 10.2 Å². The molecule has 1 fully saturated rings. The van der Waals surface area contributed by atoms with Crippen molar-refractivity contribution in [3.05, 3.63) is 34.1 Å². The molecule has 0 aromatic heterocycles. The highest BCUT2D eigenvalue weighted by atomic mass is 79.9. The van der Waals surface area contributed by atoms with E-state index in [1.165, 1.54) is 6.07 Å². The summed E-state index contributed by atoms with van der Waals surface area (Å²) in [5.74, 6) is 0.219. The fourth-order valence-electron chi connectivity index (χ4n) is 2.40. The molecule has 2 rings (SSSR count). The van der Waals surface area contributed by atoms with Gasteiger partial charge in [-0.2, -0.15) is 0 Å². The number of nitrogens with zero attached hydrogens (tertiary/aromatic N) is 2. The lowest BCUT2D eigenvalue weighted by Crippen LogP contribution is -2.37. The van der Waals surface area contributed by atoms with Crippen LogP contribution in [-0.4, -0.2) is 56.8 Å². The van der Waals surface area contributed by atoms with E-state index in [0.29, 0.717) is 17.0 Å². The lowest BCUT2D eigenvalue weighted by Gasteiger charge is -2.26. The lowest BCUT2D eigenvalue weighted by atomic mass is 10.1. The second-order valence-electron chi connectivity index (χ2n) is 5.50. The first-order chi connectivity index (χ1) is 11.1. The topological polar surface area (TPSA) is 62.9 Å². The van der Waals surface area contributed by atoms with E-state index in [1.807, 2.05) is 0 Å². The molecule has 128 valence electrons. The molecule has 1 saturated heterocycles. The minimum atomic E-state index is -0.247. The van der Waals surface area contributed by atoms with Crippen LogP contribution in [-0.2, 0) is 11.2 Å². The van der Waals surface area contributed by atoms with Crippen LogP contribution in [0.4, 0.5) is 4.39 Å². The summed E-state index contributed by atoms with van der Waals surface area (Å²) in [6.45, 7) is 6.09. The van der Waals surface area contributed by atoms with E-state index < -0.39 is 0 Å². The number of guanidine groups is 1. The van der Waals surface area contributed by atoms with Crippen molar-refractivity contribution in [3.63, 3.8) is 0 Å². The third kappa shape index (κ3) is 6.85. The molecule has 0 aliphatic carbocycles. The Balaban J connectivity index is 1.59. The van der Waals surface area contributed by atoms with E-state index in [9.17, 15) is 4.39 Å². The highest BCUT2D eigenvalue weighted by Crippen LogP contribution is 2.16. The first kappa shape index (κ1) is 18.2. The molecule has 23 heavy (non-hydrogen) atoms. The summed E-state index contributed by atoms with van der Waals surface area (Å²) in [6, 6.07) is 5.02. The molecular weight excluding hydrogens is 363 g/mol. The van der Waals surface area contributed by atoms with Gasteiger partial charge in [-0.15, -0.1) is 0 Å². The Morgan fingerprint density at radius 3 is 2.91 bits per heavy atom. The maximum Gasteiger partial charge on any atom is 0.188 e. The van der Waals surface area contributed by atoms with Crippen LogP contribution >= 0.6 is 15.9 Å². The standard InChI is InChI=1S/C16H24BrFN4O/c17-14-12-13(2-3-15(14)18)4-6-21-16(19)20-5-1-7-22-8-10-23-11-9-22/h2-3,12H,1,4-11H2,(H3,19,20,21). The van der Waals surface area contributed by atoms with Gasteiger partial charge in [-0.05, 0) is 46.5 Å². The van der Waals surface area contributed by atoms with Crippen molar-refractivity contribution in [2.24, 2.45) is 10.7 Å². The van der Waals surface area contributed by atoms with Gasteiger partial charge in [0.2, 0.25) is 0 Å². The number of hydrogen-bond donors (Lipinski definition) is 2. The van der Waals surface area contributed by atoms with E-state index in [0.717, 1.165) is 57.8 Å². The van der Waals surface area contributed by atoms with Gasteiger partial charge in [-0.3, -0.25) is 9.89 Å². The largest absolute Gasteiger partial charge is 0.379 e. The molecule has 3 N–H and O–H groups in total. The number of halogens is 2. The molecular formula is C16H24BrFN4O. The van der Waals surface area contributed by atoms with Crippen molar-refractivity contribution >= 4 is 21.9 Å². The molecule has 1 aliphatic heterocycles. The number of morpholine rings is 1. The van der Waals surface area contributed by atoms with Gasteiger partial charge in [0.05, 0.1) is 17.7 Å². The van der Waals surface area contributed by atoms with E-state index in [-0.39, 0.29) is 5.82 Å². The van der Waals surface area contributed by atoms with Crippen LogP contribution in [0.15, 0.2) is 27.7 Å². The Bertz CT molecular complexity index is 521. The number of aliphatic imine (C=N–C) groups is 1. The number of hydrogen-bond acceptors (Lipinski definition) is 3. The lowest BCUT2D eigenvalue weighted by molar-refractivity contribution is 0.0377. The van der Waals surface area contributed by atoms with E-state index in [1.54, 1.807) is 12.1 Å². The minimum Gasteiger partial charge on any atom is -0.379 e. The zero-order valence-corrected chi connectivity index (χ0v) is 14.8. The molecule has 1 aromatic rings. The maximum absolute atomic E-state index is 13.1. The summed E-state index contributed by atoms with van der Waals surface area (Å²) in [5, 5.41) is 3.09. The maximum atomic E-state index is 13.1. The zero-order valence-electron chi connectivity index (χ0n) is 13.2. The molecule has 5 nitrogen and oxygen atoms in total. The Kier molecular flexibility index (Phi) is 7.78. The van der Waals surface area contributed by atoms with Crippen molar-refractivity contribution in [3.8, 4) is 0 Å². The van der Waals surface area contributed by atoms with Crippen LogP contribution < -0.4 is 11.1 Å². The van der Waals surface area contributed by atoms with Crippen LogP contribution in [0.3, 0.4) is 0 Å². The van der Waals surface area contributed by atoms with Gasteiger partial charge in [0, 0.05) is 32.7 Å². The quantitative estimate of drug-likeness (QED) is 0.425. The molecule has 7 heteroatoms. The smallest absolute Gasteiger partial charge is 0.188 e. The third-order valence-electron chi connectivity index (χ3n) is 3.72. The van der Waals surface area contributed by atoms with Crippen LogP contribution in [0, 0.1) is 5.82 Å². The molecule has 0 atom stereocenters. The van der Waals surface area contributed by atoms with Gasteiger partial charge in [0.15, 0.2) is 5.96 Å². The van der Waals surface area contributed by atoms with Gasteiger partial charge < -0.3 is 15.8 Å². The minimum absolute atomic E-state index is 0.247. The van der Waals surface area contributed by atoms with Gasteiger partial charge in [0.1, 0.15) is 5.82 Å². The summed E-state index contributed by atoms with van der Waals surface area (Å²) in [4.78, 5) is 6.71. The highest BCUT2D eigenvalue weighted by molar-refractivity contribution is 9.10. The van der Waals surface area contributed by atoms with Crippen molar-refractivity contribution in [1.29, 1.82) is 0 Å². The monoisotopic (exact) mass is 386 g/mol. The first-order valence-corrected chi connectivity index (χ1v) is 8.72. The SMILES string of the molecule is NC(=NCCCN1CCOCC1)NCCc1ccc(F)c(Br)c1. The number of benzene rings is 1. The Hall–Kier alpha value is -1.18. The van der Waals surface area contributed by atoms with Crippen LogP contribution in [0.5, 0.6) is 0 Å². The molecule has 0 bridgehead atoms. The molecule has 0 unspecified atom stereocenters.